The summed E-state index contributed by atoms with van der Waals surface area (Å²) in [6.45, 7) is 0. The minimum Gasteiger partial charge on any atom is -0.277 e. The van der Waals surface area contributed by atoms with Crippen LogP contribution >= 0.6 is 35.0 Å². The van der Waals surface area contributed by atoms with Gasteiger partial charge in [-0.05, 0) is 12.1 Å². The number of amidine groups is 1. The van der Waals surface area contributed by atoms with Gasteiger partial charge in [-0.1, -0.05) is 41.0 Å². The summed E-state index contributed by atoms with van der Waals surface area (Å²) in [4.78, 5) is 0. The van der Waals surface area contributed by atoms with Crippen LogP contribution < -0.4 is 0 Å². The fourth-order valence-corrected chi connectivity index (χ4v) is 6.59. The summed E-state index contributed by atoms with van der Waals surface area (Å²) >= 11 is 13.4. The van der Waals surface area contributed by atoms with Crippen molar-refractivity contribution in [1.29, 1.82) is 5.41 Å². The van der Waals surface area contributed by atoms with Crippen LogP contribution in [0.15, 0.2) is 23.3 Å². The van der Waals surface area contributed by atoms with Crippen molar-refractivity contribution < 1.29 is 8.42 Å². The minimum absolute atomic E-state index is 0.0284. The molecule has 1 N–H and O–H groups in total. The van der Waals surface area contributed by atoms with E-state index < -0.39 is 9.84 Å². The largest absolute Gasteiger partial charge is 0.277 e. The average molecular weight is 364 g/mol. The summed E-state index contributed by atoms with van der Waals surface area (Å²) in [5.41, 5.74) is 0.558. The topological polar surface area (TPSA) is 73.6 Å². The van der Waals surface area contributed by atoms with Crippen LogP contribution in [0.4, 0.5) is 0 Å². The zero-order chi connectivity index (χ0) is 15.2. The van der Waals surface area contributed by atoms with E-state index in [-0.39, 0.29) is 28.0 Å². The average Bonchev–Trinajstić information content (AvgIpc) is 2.81. The molecule has 0 radical (unpaired) electrons. The number of fused-ring (bicyclic) bond motifs is 1. The van der Waals surface area contributed by atoms with E-state index in [1.165, 1.54) is 23.0 Å². The lowest BCUT2D eigenvalue weighted by Crippen LogP contribution is -2.32. The van der Waals surface area contributed by atoms with Gasteiger partial charge in [0.15, 0.2) is 15.0 Å². The predicted octanol–water partition coefficient (Wildman–Crippen LogP) is 2.48. The highest BCUT2D eigenvalue weighted by molar-refractivity contribution is 8.15. The summed E-state index contributed by atoms with van der Waals surface area (Å²) < 4.78 is 23.3. The predicted molar refractivity (Wildman–Crippen MR) is 87.4 cm³/mol. The summed E-state index contributed by atoms with van der Waals surface area (Å²) in [6.07, 6.45) is 1.48. The molecule has 0 amide bonds. The molecule has 0 saturated carbocycles. The van der Waals surface area contributed by atoms with Gasteiger partial charge in [-0.25, -0.2) is 13.4 Å². The van der Waals surface area contributed by atoms with Crippen molar-refractivity contribution in [1.82, 2.24) is 5.01 Å². The van der Waals surface area contributed by atoms with E-state index in [0.29, 0.717) is 15.6 Å². The maximum Gasteiger partial charge on any atom is 0.177 e. The Morgan fingerprint density at radius 2 is 2.00 bits per heavy atom. The van der Waals surface area contributed by atoms with Crippen molar-refractivity contribution in [2.75, 3.05) is 11.5 Å². The first kappa shape index (κ1) is 15.1. The number of sulfone groups is 1. The van der Waals surface area contributed by atoms with Gasteiger partial charge in [-0.3, -0.25) is 5.41 Å². The Kier molecular flexibility index (Phi) is 3.94. The second-order valence-corrected chi connectivity index (χ2v) is 9.03. The summed E-state index contributed by atoms with van der Waals surface area (Å²) in [7, 11) is -3.05. The molecule has 2 aliphatic rings. The standard InChI is InChI=1S/C12H11Cl2N3O2S2/c13-8-2-1-3-9(14)7(8)4-16-17-10-5-21(18,19)6-11(10)20-12(17)15/h1-4,10-11,15H,5-6H2/b15-12?,16-4-/t10-,11-/m1/s1. The number of rotatable bonds is 2. The molecule has 2 atom stereocenters. The maximum atomic E-state index is 11.7. The first-order chi connectivity index (χ1) is 9.87. The lowest BCUT2D eigenvalue weighted by Gasteiger charge is -2.17. The summed E-state index contributed by atoms with van der Waals surface area (Å²) in [6, 6.07) is 4.84. The van der Waals surface area contributed by atoms with E-state index in [9.17, 15) is 8.42 Å². The van der Waals surface area contributed by atoms with Crippen molar-refractivity contribution in [3.05, 3.63) is 33.8 Å². The van der Waals surface area contributed by atoms with Crippen LogP contribution in [0.3, 0.4) is 0 Å². The first-order valence-electron chi connectivity index (χ1n) is 6.10. The fraction of sp³-hybridized carbons (Fsp3) is 0.333. The number of halogens is 2. The van der Waals surface area contributed by atoms with Crippen molar-refractivity contribution >= 4 is 56.2 Å². The number of thioether (sulfide) groups is 1. The van der Waals surface area contributed by atoms with Gasteiger partial charge in [0.05, 0.1) is 33.8 Å². The lowest BCUT2D eigenvalue weighted by atomic mass is 10.2. The SMILES string of the molecule is N=C1S[C@@H]2CS(=O)(=O)C[C@H]2N1/N=C\c1c(Cl)cccc1Cl. The maximum absolute atomic E-state index is 11.7. The van der Waals surface area contributed by atoms with Crippen LogP contribution in [0, 0.1) is 5.41 Å². The Bertz CT molecular complexity index is 716. The Morgan fingerprint density at radius 1 is 1.33 bits per heavy atom. The molecule has 2 fully saturated rings. The van der Waals surface area contributed by atoms with Crippen molar-refractivity contribution in [3.63, 3.8) is 0 Å². The van der Waals surface area contributed by atoms with Crippen LogP contribution in [0.25, 0.3) is 0 Å². The van der Waals surface area contributed by atoms with Crippen LogP contribution in [0.2, 0.25) is 10.0 Å². The second kappa shape index (κ2) is 5.46. The van der Waals surface area contributed by atoms with Crippen LogP contribution in [0.1, 0.15) is 5.56 Å². The van der Waals surface area contributed by atoms with Gasteiger partial charge < -0.3 is 0 Å². The zero-order valence-electron chi connectivity index (χ0n) is 10.7. The van der Waals surface area contributed by atoms with E-state index in [0.717, 1.165) is 0 Å². The van der Waals surface area contributed by atoms with Gasteiger partial charge >= 0.3 is 0 Å². The number of hydrogen-bond acceptors (Lipinski definition) is 5. The van der Waals surface area contributed by atoms with E-state index in [1.807, 2.05) is 0 Å². The molecule has 0 spiro atoms. The molecule has 3 rings (SSSR count). The number of nitrogens with one attached hydrogen (secondary N) is 1. The molecule has 0 bridgehead atoms. The number of hydrogen-bond donors (Lipinski definition) is 1. The third-order valence-corrected chi connectivity index (χ3v) is 7.15. The second-order valence-electron chi connectivity index (χ2n) is 4.83. The number of hydrazone groups is 1. The van der Waals surface area contributed by atoms with E-state index in [2.05, 4.69) is 5.10 Å². The Labute approximate surface area is 136 Å². The van der Waals surface area contributed by atoms with Gasteiger partial charge in [-0.15, -0.1) is 0 Å². The third kappa shape index (κ3) is 2.92. The summed E-state index contributed by atoms with van der Waals surface area (Å²) in [5, 5.41) is 14.6. The lowest BCUT2D eigenvalue weighted by molar-refractivity contribution is 0.376. The van der Waals surface area contributed by atoms with Gasteiger partial charge in [0.2, 0.25) is 0 Å². The monoisotopic (exact) mass is 363 g/mol. The highest BCUT2D eigenvalue weighted by atomic mass is 35.5. The number of benzene rings is 1. The fourth-order valence-electron chi connectivity index (χ4n) is 2.38. The van der Waals surface area contributed by atoms with Crippen molar-refractivity contribution in [2.45, 2.75) is 11.3 Å². The van der Waals surface area contributed by atoms with Crippen molar-refractivity contribution in [3.8, 4) is 0 Å². The van der Waals surface area contributed by atoms with E-state index in [4.69, 9.17) is 28.6 Å². The highest BCUT2D eigenvalue weighted by Gasteiger charge is 2.48. The molecule has 9 heteroatoms. The molecule has 0 aromatic heterocycles. The quantitative estimate of drug-likeness (QED) is 0.819. The van der Waals surface area contributed by atoms with Crippen molar-refractivity contribution in [2.24, 2.45) is 5.10 Å². The van der Waals surface area contributed by atoms with E-state index >= 15 is 0 Å². The zero-order valence-corrected chi connectivity index (χ0v) is 13.8. The Balaban J connectivity index is 1.87. The highest BCUT2D eigenvalue weighted by Crippen LogP contribution is 2.37. The molecule has 112 valence electrons. The molecule has 5 nitrogen and oxygen atoms in total. The summed E-state index contributed by atoms with van der Waals surface area (Å²) in [5.74, 6) is 0.129. The molecule has 0 aliphatic carbocycles. The van der Waals surface area contributed by atoms with Gasteiger partial charge in [0, 0.05) is 10.8 Å². The van der Waals surface area contributed by atoms with Gasteiger partial charge in [-0.2, -0.15) is 5.10 Å². The molecule has 1 aromatic carbocycles. The molecular formula is C12H11Cl2N3O2S2. The molecule has 0 unspecified atom stereocenters. The van der Waals surface area contributed by atoms with Gasteiger partial charge in [0.1, 0.15) is 0 Å². The molecular weight excluding hydrogens is 353 g/mol. The van der Waals surface area contributed by atoms with Gasteiger partial charge in [0.25, 0.3) is 0 Å². The molecule has 1 aromatic rings. The van der Waals surface area contributed by atoms with Crippen LogP contribution in [-0.2, 0) is 9.84 Å². The Hall–Kier alpha value is -0.760. The van der Waals surface area contributed by atoms with E-state index in [1.54, 1.807) is 18.2 Å². The molecule has 2 aliphatic heterocycles. The molecule has 2 heterocycles. The smallest absolute Gasteiger partial charge is 0.177 e. The van der Waals surface area contributed by atoms with Crippen LogP contribution in [-0.4, -0.2) is 47.6 Å². The van der Waals surface area contributed by atoms with Crippen LogP contribution in [0.5, 0.6) is 0 Å². The third-order valence-electron chi connectivity index (χ3n) is 3.37. The molecule has 2 saturated heterocycles. The molecule has 21 heavy (non-hydrogen) atoms. The normalized spacial score (nSPS) is 27.5. The minimum atomic E-state index is -3.05. The number of nitrogens with zero attached hydrogens (tertiary/aromatic N) is 2. The Morgan fingerprint density at radius 3 is 2.67 bits per heavy atom. The first-order valence-corrected chi connectivity index (χ1v) is 9.56.